The Bertz CT molecular complexity index is 1080. The molecule has 3 rings (SSSR count). The number of carbonyl (C=O) groups excluding carboxylic acids is 2. The Labute approximate surface area is 218 Å². The molecule has 1 unspecified atom stereocenters. The van der Waals surface area contributed by atoms with Gasteiger partial charge in [-0.25, -0.2) is 5.43 Å². The van der Waals surface area contributed by atoms with Gasteiger partial charge in [-0.3, -0.25) is 10.2 Å². The molecule has 3 aromatic rings. The molecule has 0 radical (unpaired) electrons. The minimum Gasteiger partial charge on any atom is -0.366 e. The van der Waals surface area contributed by atoms with E-state index in [1.54, 1.807) is 34.9 Å². The number of carbonyl (C=O) groups is 2. The van der Waals surface area contributed by atoms with E-state index in [4.69, 9.17) is 12.2 Å². The van der Waals surface area contributed by atoms with Crippen molar-refractivity contribution in [3.05, 3.63) is 82.0 Å². The Morgan fingerprint density at radius 3 is 2.68 bits per heavy atom. The predicted octanol–water partition coefficient (Wildman–Crippen LogP) is 5.28. The first kappa shape index (κ1) is 26.4. The summed E-state index contributed by atoms with van der Waals surface area (Å²) in [5, 5.41) is 5.33. The van der Waals surface area contributed by atoms with Gasteiger partial charge in [0, 0.05) is 16.2 Å². The number of amides is 1. The van der Waals surface area contributed by atoms with Crippen LogP contribution in [0.1, 0.15) is 27.2 Å². The molecule has 178 valence electrons. The zero-order chi connectivity index (χ0) is 24.2. The standard InChI is InChI=1S/C25H27N3O2S4/c1-32-13-11-20(16-29)27-28-24(30)22-10-9-18(14-23(22)19-6-3-2-4-7-19)17-34-25(31)26-15-21-8-5-12-33-21/h2-10,12,14,16,20,27H,11,13,15,17H2,1H3,(H,26,31)(H,28,30). The van der Waals surface area contributed by atoms with Gasteiger partial charge in [0.25, 0.3) is 5.91 Å². The van der Waals surface area contributed by atoms with Gasteiger partial charge in [0.2, 0.25) is 0 Å². The molecule has 1 heterocycles. The van der Waals surface area contributed by atoms with Crippen LogP contribution < -0.4 is 16.2 Å². The van der Waals surface area contributed by atoms with Gasteiger partial charge < -0.3 is 10.1 Å². The van der Waals surface area contributed by atoms with Gasteiger partial charge in [-0.15, -0.1) is 11.3 Å². The molecule has 0 aliphatic carbocycles. The van der Waals surface area contributed by atoms with E-state index in [0.29, 0.717) is 17.7 Å². The summed E-state index contributed by atoms with van der Waals surface area (Å²) in [5.41, 5.74) is 8.95. The van der Waals surface area contributed by atoms with Crippen LogP contribution in [0.15, 0.2) is 66.0 Å². The number of nitrogens with one attached hydrogen (secondary N) is 3. The molecule has 0 spiro atoms. The van der Waals surface area contributed by atoms with Crippen molar-refractivity contribution in [3.63, 3.8) is 0 Å². The first-order chi connectivity index (χ1) is 16.6. The number of thioether (sulfide) groups is 2. The van der Waals surface area contributed by atoms with E-state index >= 15 is 0 Å². The predicted molar refractivity (Wildman–Crippen MR) is 150 cm³/mol. The van der Waals surface area contributed by atoms with Crippen LogP contribution in [0.2, 0.25) is 0 Å². The second-order valence-electron chi connectivity index (χ2n) is 7.38. The van der Waals surface area contributed by atoms with Crippen molar-refractivity contribution in [1.82, 2.24) is 16.2 Å². The summed E-state index contributed by atoms with van der Waals surface area (Å²) in [5.74, 6) is 1.25. The van der Waals surface area contributed by atoms with Crippen molar-refractivity contribution in [2.24, 2.45) is 0 Å². The van der Waals surface area contributed by atoms with Gasteiger partial charge in [-0.2, -0.15) is 11.8 Å². The number of benzene rings is 2. The Kier molecular flexibility index (Phi) is 11.1. The lowest BCUT2D eigenvalue weighted by molar-refractivity contribution is -0.109. The summed E-state index contributed by atoms with van der Waals surface area (Å²) in [7, 11) is 0. The lowest BCUT2D eigenvalue weighted by Crippen LogP contribution is -2.45. The Balaban J connectivity index is 1.68. The summed E-state index contributed by atoms with van der Waals surface area (Å²) < 4.78 is 0.742. The zero-order valence-corrected chi connectivity index (χ0v) is 22.0. The molecule has 1 atom stereocenters. The largest absolute Gasteiger partial charge is 0.366 e. The van der Waals surface area contributed by atoms with E-state index in [-0.39, 0.29) is 5.91 Å². The van der Waals surface area contributed by atoms with E-state index in [1.165, 1.54) is 4.88 Å². The Morgan fingerprint density at radius 1 is 1.15 bits per heavy atom. The SMILES string of the molecule is CSCCC(C=O)NNC(=O)c1ccc(CSC(=S)NCc2cccs2)cc1-c1ccccc1. The van der Waals surface area contributed by atoms with Gasteiger partial charge in [0.15, 0.2) is 0 Å². The molecule has 0 aliphatic heterocycles. The minimum atomic E-state index is -0.421. The fraction of sp³-hybridized carbons (Fsp3) is 0.240. The van der Waals surface area contributed by atoms with Crippen molar-refractivity contribution in [3.8, 4) is 11.1 Å². The average Bonchev–Trinajstić information content (AvgIpc) is 3.40. The van der Waals surface area contributed by atoms with Crippen LogP contribution in [0.4, 0.5) is 0 Å². The molecule has 0 saturated carbocycles. The molecule has 3 N–H and O–H groups in total. The molecule has 5 nitrogen and oxygen atoms in total. The third-order valence-corrected chi connectivity index (χ3v) is 7.84. The smallest absolute Gasteiger partial charge is 0.266 e. The first-order valence-corrected chi connectivity index (χ1v) is 14.4. The van der Waals surface area contributed by atoms with E-state index in [0.717, 1.165) is 39.6 Å². The molecule has 34 heavy (non-hydrogen) atoms. The van der Waals surface area contributed by atoms with Gasteiger partial charge in [0.1, 0.15) is 10.6 Å². The summed E-state index contributed by atoms with van der Waals surface area (Å²) in [4.78, 5) is 25.5. The normalized spacial score (nSPS) is 11.6. The van der Waals surface area contributed by atoms with Gasteiger partial charge in [-0.05, 0) is 58.7 Å². The zero-order valence-electron chi connectivity index (χ0n) is 18.8. The van der Waals surface area contributed by atoms with E-state index in [9.17, 15) is 9.59 Å². The molecular formula is C25H27N3O2S4. The molecule has 9 heteroatoms. The highest BCUT2D eigenvalue weighted by Crippen LogP contribution is 2.27. The number of hydrazine groups is 1. The van der Waals surface area contributed by atoms with Crippen LogP contribution in [-0.4, -0.2) is 34.6 Å². The molecule has 2 aromatic carbocycles. The van der Waals surface area contributed by atoms with Gasteiger partial charge in [-0.1, -0.05) is 66.4 Å². The Morgan fingerprint density at radius 2 is 1.97 bits per heavy atom. The number of hydrogen-bond donors (Lipinski definition) is 3. The van der Waals surface area contributed by atoms with Crippen LogP contribution in [0.25, 0.3) is 11.1 Å². The summed E-state index contributed by atoms with van der Waals surface area (Å²) in [6.45, 7) is 0.726. The van der Waals surface area contributed by atoms with E-state index in [1.807, 2.05) is 60.9 Å². The number of thiophene rings is 1. The Hall–Kier alpha value is -2.17. The van der Waals surface area contributed by atoms with Crippen LogP contribution in [-0.2, 0) is 17.1 Å². The van der Waals surface area contributed by atoms with Crippen LogP contribution in [0.5, 0.6) is 0 Å². The third-order valence-electron chi connectivity index (χ3n) is 4.94. The molecule has 1 aromatic heterocycles. The maximum atomic E-state index is 13.0. The average molecular weight is 530 g/mol. The summed E-state index contributed by atoms with van der Waals surface area (Å²) >= 11 is 10.4. The van der Waals surface area contributed by atoms with Gasteiger partial charge in [0.05, 0.1) is 12.6 Å². The fourth-order valence-electron chi connectivity index (χ4n) is 3.15. The van der Waals surface area contributed by atoms with E-state index < -0.39 is 6.04 Å². The first-order valence-electron chi connectivity index (χ1n) is 10.7. The monoisotopic (exact) mass is 529 g/mol. The van der Waals surface area contributed by atoms with E-state index in [2.05, 4.69) is 27.6 Å². The number of aldehydes is 1. The lowest BCUT2D eigenvalue weighted by atomic mass is 9.97. The van der Waals surface area contributed by atoms with Crippen LogP contribution >= 0.6 is 47.1 Å². The lowest BCUT2D eigenvalue weighted by Gasteiger charge is -2.16. The molecule has 0 aliphatic rings. The number of thiocarbonyl (C=S) groups is 1. The second-order valence-corrected chi connectivity index (χ2v) is 11.0. The second kappa shape index (κ2) is 14.3. The van der Waals surface area contributed by atoms with Crippen molar-refractivity contribution in [1.29, 1.82) is 0 Å². The van der Waals surface area contributed by atoms with Crippen LogP contribution in [0.3, 0.4) is 0 Å². The topological polar surface area (TPSA) is 70.2 Å². The fourth-order valence-corrected chi connectivity index (χ4v) is 5.19. The van der Waals surface area contributed by atoms with Crippen molar-refractivity contribution < 1.29 is 9.59 Å². The highest BCUT2D eigenvalue weighted by atomic mass is 32.2. The molecular weight excluding hydrogens is 503 g/mol. The van der Waals surface area contributed by atoms with Crippen molar-refractivity contribution in [2.75, 3.05) is 12.0 Å². The van der Waals surface area contributed by atoms with Crippen LogP contribution in [0, 0.1) is 0 Å². The maximum absolute atomic E-state index is 13.0. The van der Waals surface area contributed by atoms with Crippen molar-refractivity contribution >= 4 is 63.6 Å². The van der Waals surface area contributed by atoms with Gasteiger partial charge >= 0.3 is 0 Å². The molecule has 1 amide bonds. The number of rotatable bonds is 12. The molecule has 0 fully saturated rings. The quantitative estimate of drug-likeness (QED) is 0.168. The minimum absolute atomic E-state index is 0.276. The molecule has 0 saturated heterocycles. The van der Waals surface area contributed by atoms with Crippen molar-refractivity contribution in [2.45, 2.75) is 24.8 Å². The third kappa shape index (κ3) is 8.25. The highest BCUT2D eigenvalue weighted by Gasteiger charge is 2.16. The summed E-state index contributed by atoms with van der Waals surface area (Å²) in [6.07, 6.45) is 3.45. The maximum Gasteiger partial charge on any atom is 0.266 e. The number of hydrogen-bond acceptors (Lipinski definition) is 7. The highest BCUT2D eigenvalue weighted by molar-refractivity contribution is 8.22. The molecule has 0 bridgehead atoms. The summed E-state index contributed by atoms with van der Waals surface area (Å²) in [6, 6.07) is 19.3.